The lowest BCUT2D eigenvalue weighted by Gasteiger charge is -2.20. The molecule has 1 aromatic carbocycles. The number of rotatable bonds is 7. The number of aromatic nitrogens is 2. The van der Waals surface area contributed by atoms with Crippen molar-refractivity contribution in [3.63, 3.8) is 0 Å². The van der Waals surface area contributed by atoms with E-state index in [1.54, 1.807) is 6.20 Å². The van der Waals surface area contributed by atoms with Crippen LogP contribution in [0.15, 0.2) is 30.5 Å². The van der Waals surface area contributed by atoms with Crippen molar-refractivity contribution in [2.45, 2.75) is 32.9 Å². The molecule has 0 aliphatic heterocycles. The first-order chi connectivity index (χ1) is 10.2. The molecule has 2 aromatic rings. The second kappa shape index (κ2) is 7.48. The lowest BCUT2D eigenvalue weighted by Crippen LogP contribution is -2.20. The molecule has 21 heavy (non-hydrogen) atoms. The standard InChI is InChI=1S/C16H22ClN3O/c1-4-13(18-5-2)12-8-6-7-9-14(12)21-11-16-19-10-15(17)20(16)3/h6-10,13,18H,4-5,11H2,1-3H3. The highest BCUT2D eigenvalue weighted by atomic mass is 35.5. The first kappa shape index (κ1) is 15.9. The maximum atomic E-state index is 5.99. The molecule has 2 rings (SSSR count). The average molecular weight is 308 g/mol. The SMILES string of the molecule is CCNC(CC)c1ccccc1OCc1ncc(Cl)n1C. The highest BCUT2D eigenvalue weighted by molar-refractivity contribution is 6.29. The number of benzene rings is 1. The second-order valence-corrected chi connectivity index (χ2v) is 5.29. The fourth-order valence-electron chi connectivity index (χ4n) is 2.32. The Bertz CT molecular complexity index is 583. The van der Waals surface area contributed by atoms with E-state index in [1.807, 2.05) is 29.8 Å². The number of halogens is 1. The van der Waals surface area contributed by atoms with E-state index in [9.17, 15) is 0 Å². The van der Waals surface area contributed by atoms with Crippen LogP contribution in [0.2, 0.25) is 5.15 Å². The van der Waals surface area contributed by atoms with E-state index >= 15 is 0 Å². The van der Waals surface area contributed by atoms with E-state index in [0.29, 0.717) is 17.8 Å². The van der Waals surface area contributed by atoms with Crippen LogP contribution in [0.4, 0.5) is 0 Å². The van der Waals surface area contributed by atoms with Crippen LogP contribution in [0.25, 0.3) is 0 Å². The van der Waals surface area contributed by atoms with Crippen LogP contribution in [0, 0.1) is 0 Å². The maximum Gasteiger partial charge on any atom is 0.147 e. The molecule has 4 nitrogen and oxygen atoms in total. The van der Waals surface area contributed by atoms with Gasteiger partial charge < -0.3 is 14.6 Å². The maximum absolute atomic E-state index is 5.99. The summed E-state index contributed by atoms with van der Waals surface area (Å²) in [6.45, 7) is 5.62. The third kappa shape index (κ3) is 3.77. The Morgan fingerprint density at radius 1 is 1.33 bits per heavy atom. The fraction of sp³-hybridized carbons (Fsp3) is 0.438. The van der Waals surface area contributed by atoms with Crippen LogP contribution in [-0.4, -0.2) is 16.1 Å². The molecule has 5 heteroatoms. The highest BCUT2D eigenvalue weighted by Crippen LogP contribution is 2.27. The zero-order valence-electron chi connectivity index (χ0n) is 12.8. The molecule has 1 unspecified atom stereocenters. The summed E-state index contributed by atoms with van der Waals surface area (Å²) in [6.07, 6.45) is 2.65. The second-order valence-electron chi connectivity index (χ2n) is 4.90. The van der Waals surface area contributed by atoms with Crippen molar-refractivity contribution in [1.82, 2.24) is 14.9 Å². The number of nitrogens with zero attached hydrogens (tertiary/aromatic N) is 2. The average Bonchev–Trinajstić information content (AvgIpc) is 2.83. The summed E-state index contributed by atoms with van der Waals surface area (Å²) in [6, 6.07) is 8.44. The molecule has 0 spiro atoms. The number of hydrogen-bond acceptors (Lipinski definition) is 3. The van der Waals surface area contributed by atoms with Crippen molar-refractivity contribution in [2.75, 3.05) is 6.54 Å². The minimum Gasteiger partial charge on any atom is -0.485 e. The Morgan fingerprint density at radius 2 is 2.10 bits per heavy atom. The van der Waals surface area contributed by atoms with Crippen molar-refractivity contribution >= 4 is 11.6 Å². The molecule has 114 valence electrons. The monoisotopic (exact) mass is 307 g/mol. The van der Waals surface area contributed by atoms with Crippen molar-refractivity contribution in [2.24, 2.45) is 7.05 Å². The van der Waals surface area contributed by atoms with E-state index in [-0.39, 0.29) is 0 Å². The first-order valence-electron chi connectivity index (χ1n) is 7.28. The van der Waals surface area contributed by atoms with Gasteiger partial charge in [-0.05, 0) is 19.0 Å². The van der Waals surface area contributed by atoms with Gasteiger partial charge in [0.05, 0.1) is 6.20 Å². The lowest BCUT2D eigenvalue weighted by molar-refractivity contribution is 0.285. The molecule has 0 radical (unpaired) electrons. The zero-order chi connectivity index (χ0) is 15.2. The van der Waals surface area contributed by atoms with Crippen molar-refractivity contribution in [3.8, 4) is 5.75 Å². The van der Waals surface area contributed by atoms with Crippen molar-refractivity contribution in [1.29, 1.82) is 0 Å². The molecular formula is C16H22ClN3O. The molecular weight excluding hydrogens is 286 g/mol. The molecule has 1 aromatic heterocycles. The number of hydrogen-bond donors (Lipinski definition) is 1. The van der Waals surface area contributed by atoms with Gasteiger partial charge in [0.1, 0.15) is 23.3 Å². The van der Waals surface area contributed by atoms with Crippen LogP contribution in [0.3, 0.4) is 0 Å². The summed E-state index contributed by atoms with van der Waals surface area (Å²) in [5.74, 6) is 1.70. The van der Waals surface area contributed by atoms with Gasteiger partial charge in [-0.1, -0.05) is 43.6 Å². The van der Waals surface area contributed by atoms with Gasteiger partial charge in [0.25, 0.3) is 0 Å². The summed E-state index contributed by atoms with van der Waals surface area (Å²) in [5.41, 5.74) is 1.18. The largest absolute Gasteiger partial charge is 0.485 e. The topological polar surface area (TPSA) is 39.1 Å². The highest BCUT2D eigenvalue weighted by Gasteiger charge is 2.14. The van der Waals surface area contributed by atoms with Gasteiger partial charge >= 0.3 is 0 Å². The molecule has 0 aliphatic rings. The summed E-state index contributed by atoms with van der Waals surface area (Å²) in [4.78, 5) is 4.25. The zero-order valence-corrected chi connectivity index (χ0v) is 13.5. The minimum atomic E-state index is 0.302. The van der Waals surface area contributed by atoms with Gasteiger partial charge in [-0.25, -0.2) is 4.98 Å². The summed E-state index contributed by atoms with van der Waals surface area (Å²) in [5, 5.41) is 4.09. The summed E-state index contributed by atoms with van der Waals surface area (Å²) < 4.78 is 7.79. The van der Waals surface area contributed by atoms with Crippen LogP contribution in [-0.2, 0) is 13.7 Å². The van der Waals surface area contributed by atoms with Gasteiger partial charge in [0.15, 0.2) is 0 Å². The molecule has 0 amide bonds. The molecule has 1 atom stereocenters. The van der Waals surface area contributed by atoms with E-state index < -0.39 is 0 Å². The van der Waals surface area contributed by atoms with E-state index in [1.165, 1.54) is 5.56 Å². The van der Waals surface area contributed by atoms with E-state index in [2.05, 4.69) is 30.2 Å². The fourth-order valence-corrected chi connectivity index (χ4v) is 2.47. The molecule has 0 bridgehead atoms. The predicted octanol–water partition coefficient (Wildman–Crippen LogP) is 3.71. The lowest BCUT2D eigenvalue weighted by atomic mass is 10.0. The van der Waals surface area contributed by atoms with Gasteiger partial charge in [0.2, 0.25) is 0 Å². The minimum absolute atomic E-state index is 0.302. The molecule has 0 aliphatic carbocycles. The molecule has 0 fully saturated rings. The Balaban J connectivity index is 2.14. The van der Waals surface area contributed by atoms with Gasteiger partial charge in [-0.15, -0.1) is 0 Å². The van der Waals surface area contributed by atoms with Crippen LogP contribution in [0.5, 0.6) is 5.75 Å². The van der Waals surface area contributed by atoms with Gasteiger partial charge in [0, 0.05) is 18.7 Å². The molecule has 0 saturated carbocycles. The number of ether oxygens (including phenoxy) is 1. The van der Waals surface area contributed by atoms with Gasteiger partial charge in [-0.2, -0.15) is 0 Å². The normalized spacial score (nSPS) is 12.4. The number of nitrogens with one attached hydrogen (secondary N) is 1. The predicted molar refractivity (Wildman–Crippen MR) is 85.7 cm³/mol. The van der Waals surface area contributed by atoms with Crippen LogP contribution in [0.1, 0.15) is 37.7 Å². The molecule has 1 heterocycles. The Morgan fingerprint density at radius 3 is 2.71 bits per heavy atom. The van der Waals surface area contributed by atoms with Crippen LogP contribution >= 0.6 is 11.6 Å². The van der Waals surface area contributed by atoms with Crippen molar-refractivity contribution < 1.29 is 4.74 Å². The third-order valence-electron chi connectivity index (χ3n) is 3.54. The van der Waals surface area contributed by atoms with E-state index in [4.69, 9.17) is 16.3 Å². The third-order valence-corrected chi connectivity index (χ3v) is 3.89. The summed E-state index contributed by atoms with van der Waals surface area (Å²) in [7, 11) is 1.88. The Hall–Kier alpha value is -1.52. The van der Waals surface area contributed by atoms with Crippen LogP contribution < -0.4 is 10.1 Å². The number of para-hydroxylation sites is 1. The first-order valence-corrected chi connectivity index (χ1v) is 7.66. The smallest absolute Gasteiger partial charge is 0.147 e. The molecule has 0 saturated heterocycles. The summed E-state index contributed by atoms with van der Waals surface area (Å²) >= 11 is 5.99. The molecule has 1 N–H and O–H groups in total. The number of imidazole rings is 1. The van der Waals surface area contributed by atoms with Gasteiger partial charge in [-0.3, -0.25) is 0 Å². The quantitative estimate of drug-likeness (QED) is 0.847. The van der Waals surface area contributed by atoms with E-state index in [0.717, 1.165) is 24.5 Å². The Kier molecular flexibility index (Phi) is 5.65. The Labute approximate surface area is 131 Å². The van der Waals surface area contributed by atoms with Crippen molar-refractivity contribution in [3.05, 3.63) is 47.0 Å².